The molecule has 0 radical (unpaired) electrons. The lowest BCUT2D eigenvalue weighted by Crippen LogP contribution is -2.50. The number of carbonyl (C=O) groups is 2. The van der Waals surface area contributed by atoms with Crippen LogP contribution in [0.1, 0.15) is 11.3 Å². The first kappa shape index (κ1) is 22.0. The fraction of sp³-hybridized carbons (Fsp3) is 0.273. The molecule has 1 aliphatic rings. The molecule has 1 aromatic carbocycles. The van der Waals surface area contributed by atoms with E-state index in [1.807, 2.05) is 31.2 Å². The van der Waals surface area contributed by atoms with Crippen LogP contribution in [0.15, 0.2) is 48.0 Å². The molecule has 0 atom stereocenters. The average molecular weight is 471 g/mol. The number of nitrogens with zero attached hydrogens (tertiary/aromatic N) is 4. The number of pyridine rings is 1. The summed E-state index contributed by atoms with van der Waals surface area (Å²) in [5, 5.41) is 8.51. The largest absolute Gasteiger partial charge is 0.353 e. The molecule has 2 N–H and O–H groups in total. The molecule has 8 nitrogen and oxygen atoms in total. The molecule has 32 heavy (non-hydrogen) atoms. The van der Waals surface area contributed by atoms with E-state index in [9.17, 15) is 9.59 Å². The van der Waals surface area contributed by atoms with Crippen molar-refractivity contribution in [2.75, 3.05) is 41.7 Å². The van der Waals surface area contributed by atoms with Crippen molar-refractivity contribution >= 4 is 51.5 Å². The summed E-state index contributed by atoms with van der Waals surface area (Å²) >= 11 is 7.31. The number of aromatic nitrogens is 2. The molecule has 1 aliphatic heterocycles. The minimum Gasteiger partial charge on any atom is -0.353 e. The second-order valence-corrected chi connectivity index (χ2v) is 8.71. The maximum Gasteiger partial charge on any atom is 0.323 e. The highest BCUT2D eigenvalue weighted by molar-refractivity contribution is 7.13. The van der Waals surface area contributed by atoms with Crippen molar-refractivity contribution in [3.63, 3.8) is 0 Å². The number of nitrogens with one attached hydrogen (secondary N) is 2. The van der Waals surface area contributed by atoms with E-state index < -0.39 is 0 Å². The van der Waals surface area contributed by atoms with E-state index >= 15 is 0 Å². The van der Waals surface area contributed by atoms with Crippen LogP contribution < -0.4 is 15.5 Å². The van der Waals surface area contributed by atoms with Gasteiger partial charge in [0, 0.05) is 48.5 Å². The predicted molar refractivity (Wildman–Crippen MR) is 128 cm³/mol. The standard InChI is InChI=1S/C22H23ClN6O2S/c1-15-5-6-16(23)12-18(15)26-20(30)13-17-14-32-21(25-17)27-22(31)29-10-8-28(9-11-29)19-4-2-3-7-24-19/h2-7,12,14H,8-11,13H2,1H3,(H,26,30)(H,25,27,31). The summed E-state index contributed by atoms with van der Waals surface area (Å²) in [6, 6.07) is 11.0. The molecule has 1 saturated heterocycles. The lowest BCUT2D eigenvalue weighted by molar-refractivity contribution is -0.115. The lowest BCUT2D eigenvalue weighted by Gasteiger charge is -2.35. The van der Waals surface area contributed by atoms with Crippen LogP contribution in [0.25, 0.3) is 0 Å². The first-order chi connectivity index (χ1) is 15.5. The van der Waals surface area contributed by atoms with Gasteiger partial charge in [0.15, 0.2) is 5.13 Å². The van der Waals surface area contributed by atoms with Gasteiger partial charge in [-0.1, -0.05) is 23.7 Å². The number of rotatable bonds is 5. The van der Waals surface area contributed by atoms with Crippen molar-refractivity contribution < 1.29 is 9.59 Å². The summed E-state index contributed by atoms with van der Waals surface area (Å²) in [7, 11) is 0. The number of carbonyl (C=O) groups excluding carboxylic acids is 2. The number of hydrogen-bond donors (Lipinski definition) is 2. The molecule has 0 unspecified atom stereocenters. The van der Waals surface area contributed by atoms with Crippen molar-refractivity contribution in [3.05, 3.63) is 64.3 Å². The monoisotopic (exact) mass is 470 g/mol. The average Bonchev–Trinajstić information content (AvgIpc) is 3.23. The fourth-order valence-electron chi connectivity index (χ4n) is 3.38. The van der Waals surface area contributed by atoms with E-state index in [-0.39, 0.29) is 18.4 Å². The van der Waals surface area contributed by atoms with Crippen molar-refractivity contribution in [3.8, 4) is 0 Å². The Hall–Kier alpha value is -3.17. The summed E-state index contributed by atoms with van der Waals surface area (Å²) in [5.74, 6) is 0.729. The fourth-order valence-corrected chi connectivity index (χ4v) is 4.26. The number of halogens is 1. The van der Waals surface area contributed by atoms with Gasteiger partial charge in [-0.15, -0.1) is 11.3 Å². The molecule has 3 aromatic rings. The van der Waals surface area contributed by atoms with Crippen molar-refractivity contribution in [1.29, 1.82) is 0 Å². The number of thiazole rings is 1. The molecule has 1 fully saturated rings. The molecule has 0 bridgehead atoms. The first-order valence-electron chi connectivity index (χ1n) is 10.2. The lowest BCUT2D eigenvalue weighted by atomic mass is 10.2. The van der Waals surface area contributed by atoms with Crippen LogP contribution in [-0.4, -0.2) is 53.0 Å². The Kier molecular flexibility index (Phi) is 6.87. The zero-order valence-corrected chi connectivity index (χ0v) is 19.1. The number of hydrogen-bond acceptors (Lipinski definition) is 6. The minimum atomic E-state index is -0.191. The zero-order valence-electron chi connectivity index (χ0n) is 17.5. The molecule has 166 valence electrons. The first-order valence-corrected chi connectivity index (χ1v) is 11.5. The van der Waals surface area contributed by atoms with Crippen LogP contribution in [0.5, 0.6) is 0 Å². The maximum absolute atomic E-state index is 12.6. The van der Waals surface area contributed by atoms with E-state index in [1.165, 1.54) is 11.3 Å². The van der Waals surface area contributed by atoms with Crippen molar-refractivity contribution in [1.82, 2.24) is 14.9 Å². The van der Waals surface area contributed by atoms with Gasteiger partial charge in [0.2, 0.25) is 5.91 Å². The number of aryl methyl sites for hydroxylation is 1. The van der Waals surface area contributed by atoms with E-state index in [0.717, 1.165) is 24.5 Å². The zero-order chi connectivity index (χ0) is 22.5. The van der Waals surface area contributed by atoms with Gasteiger partial charge >= 0.3 is 6.03 Å². The second-order valence-electron chi connectivity index (χ2n) is 7.42. The normalized spacial score (nSPS) is 13.7. The van der Waals surface area contributed by atoms with Crippen LogP contribution in [-0.2, 0) is 11.2 Å². The van der Waals surface area contributed by atoms with Gasteiger partial charge in [-0.05, 0) is 36.8 Å². The highest BCUT2D eigenvalue weighted by Crippen LogP contribution is 2.21. The van der Waals surface area contributed by atoms with Gasteiger partial charge < -0.3 is 15.1 Å². The smallest absolute Gasteiger partial charge is 0.323 e. The maximum atomic E-state index is 12.6. The van der Waals surface area contributed by atoms with Gasteiger partial charge in [-0.25, -0.2) is 14.8 Å². The highest BCUT2D eigenvalue weighted by Gasteiger charge is 2.22. The number of urea groups is 1. The third-order valence-corrected chi connectivity index (χ3v) is 6.16. The van der Waals surface area contributed by atoms with Gasteiger partial charge in [0.1, 0.15) is 5.82 Å². The van der Waals surface area contributed by atoms with Crippen LogP contribution in [0.2, 0.25) is 5.02 Å². The van der Waals surface area contributed by atoms with Gasteiger partial charge in [0.05, 0.1) is 12.1 Å². The van der Waals surface area contributed by atoms with Crippen LogP contribution in [0.4, 0.5) is 21.4 Å². The molecular formula is C22H23ClN6O2S. The van der Waals surface area contributed by atoms with E-state index in [2.05, 4.69) is 25.5 Å². The second kappa shape index (κ2) is 9.97. The molecule has 0 aliphatic carbocycles. The molecular weight excluding hydrogens is 448 g/mol. The van der Waals surface area contributed by atoms with E-state index in [4.69, 9.17) is 11.6 Å². The van der Waals surface area contributed by atoms with Crippen LogP contribution >= 0.6 is 22.9 Å². The Morgan fingerprint density at radius 1 is 1.12 bits per heavy atom. The summed E-state index contributed by atoms with van der Waals surface area (Å²) in [4.78, 5) is 37.6. The molecule has 3 heterocycles. The Morgan fingerprint density at radius 2 is 1.94 bits per heavy atom. The van der Waals surface area contributed by atoms with Crippen molar-refractivity contribution in [2.45, 2.75) is 13.3 Å². The number of benzene rings is 1. The SMILES string of the molecule is Cc1ccc(Cl)cc1NC(=O)Cc1csc(NC(=O)N2CCN(c3ccccn3)CC2)n1. The Bertz CT molecular complexity index is 1100. The third-order valence-electron chi connectivity index (χ3n) is 5.12. The topological polar surface area (TPSA) is 90.5 Å². The number of anilines is 3. The summed E-state index contributed by atoms with van der Waals surface area (Å²) in [6.07, 6.45) is 1.88. The number of piperazine rings is 1. The molecule has 0 spiro atoms. The summed E-state index contributed by atoms with van der Waals surface area (Å²) in [5.41, 5.74) is 2.20. The van der Waals surface area contributed by atoms with E-state index in [1.54, 1.807) is 28.6 Å². The third kappa shape index (κ3) is 5.54. The molecule has 3 amide bonds. The Morgan fingerprint density at radius 3 is 2.69 bits per heavy atom. The summed E-state index contributed by atoms with van der Waals surface area (Å²) in [6.45, 7) is 4.54. The van der Waals surface area contributed by atoms with Gasteiger partial charge in [0.25, 0.3) is 0 Å². The predicted octanol–water partition coefficient (Wildman–Crippen LogP) is 4.04. The Labute approximate surface area is 195 Å². The summed E-state index contributed by atoms with van der Waals surface area (Å²) < 4.78 is 0. The van der Waals surface area contributed by atoms with Gasteiger partial charge in [-0.2, -0.15) is 0 Å². The van der Waals surface area contributed by atoms with Crippen LogP contribution in [0.3, 0.4) is 0 Å². The number of amides is 3. The highest BCUT2D eigenvalue weighted by atomic mass is 35.5. The molecule has 0 saturated carbocycles. The van der Waals surface area contributed by atoms with E-state index in [0.29, 0.717) is 34.6 Å². The quantitative estimate of drug-likeness (QED) is 0.587. The minimum absolute atomic E-state index is 0.112. The van der Waals surface area contributed by atoms with Crippen molar-refractivity contribution in [2.24, 2.45) is 0 Å². The molecule has 4 rings (SSSR count). The molecule has 10 heteroatoms. The van der Waals surface area contributed by atoms with Crippen LogP contribution in [0, 0.1) is 6.92 Å². The molecule has 2 aromatic heterocycles. The Balaban J connectivity index is 1.27. The van der Waals surface area contributed by atoms with Gasteiger partial charge in [-0.3, -0.25) is 10.1 Å².